The van der Waals surface area contributed by atoms with Crippen molar-refractivity contribution in [1.82, 2.24) is 0 Å². The minimum Gasteiger partial charge on any atom is -0.455 e. The molecule has 0 unspecified atom stereocenters. The minimum atomic E-state index is 0.921. The highest BCUT2D eigenvalue weighted by molar-refractivity contribution is 6.17. The average molecular weight is 614 g/mol. The summed E-state index contributed by atoms with van der Waals surface area (Å²) in [6.07, 6.45) is 0. The van der Waals surface area contributed by atoms with E-state index >= 15 is 0 Å². The molecule has 0 aliphatic rings. The van der Waals surface area contributed by atoms with Gasteiger partial charge in [-0.25, -0.2) is 0 Å². The van der Waals surface area contributed by atoms with Gasteiger partial charge in [0, 0.05) is 33.2 Å². The summed E-state index contributed by atoms with van der Waals surface area (Å²) in [5.41, 5.74) is 12.4. The van der Waals surface area contributed by atoms with Gasteiger partial charge in [0.15, 0.2) is 0 Å². The third-order valence-electron chi connectivity index (χ3n) is 9.28. The van der Waals surface area contributed by atoms with Crippen molar-refractivity contribution in [3.63, 3.8) is 0 Å². The fourth-order valence-electron chi connectivity index (χ4n) is 6.92. The summed E-state index contributed by atoms with van der Waals surface area (Å²) in [6, 6.07) is 66.8. The third kappa shape index (κ3) is 4.92. The van der Waals surface area contributed by atoms with Gasteiger partial charge in [0.05, 0.1) is 0 Å². The lowest BCUT2D eigenvalue weighted by Crippen LogP contribution is -2.09. The highest BCUT2D eigenvalue weighted by Gasteiger charge is 2.15. The molecule has 1 heterocycles. The second-order valence-electron chi connectivity index (χ2n) is 12.2. The zero-order chi connectivity index (χ0) is 31.9. The first-order valence-corrected chi connectivity index (χ1v) is 16.3. The van der Waals surface area contributed by atoms with Gasteiger partial charge in [-0.3, -0.25) is 0 Å². The van der Waals surface area contributed by atoms with Crippen molar-refractivity contribution in [2.45, 2.75) is 0 Å². The SMILES string of the molecule is c1ccc(-c2cccc(-c3ccc(N(c4ccccc4)c4ccc(-c5cccc6c5ccc5c7ccccc7oc65)cc4)cc3)c2)cc1. The van der Waals surface area contributed by atoms with Crippen LogP contribution in [0.25, 0.3) is 66.1 Å². The summed E-state index contributed by atoms with van der Waals surface area (Å²) < 4.78 is 6.36. The van der Waals surface area contributed by atoms with E-state index in [0.717, 1.165) is 44.4 Å². The van der Waals surface area contributed by atoms with Crippen molar-refractivity contribution in [2.75, 3.05) is 4.90 Å². The number of hydrogen-bond donors (Lipinski definition) is 0. The van der Waals surface area contributed by atoms with Crippen LogP contribution in [-0.2, 0) is 0 Å². The van der Waals surface area contributed by atoms with Crippen LogP contribution in [0.2, 0.25) is 0 Å². The molecule has 8 aromatic carbocycles. The molecular formula is C46H31NO. The van der Waals surface area contributed by atoms with Crippen LogP contribution >= 0.6 is 0 Å². The monoisotopic (exact) mass is 613 g/mol. The first-order chi connectivity index (χ1) is 23.8. The van der Waals surface area contributed by atoms with E-state index in [9.17, 15) is 0 Å². The minimum absolute atomic E-state index is 0.921. The van der Waals surface area contributed by atoms with Gasteiger partial charge in [-0.2, -0.15) is 0 Å². The molecule has 0 bridgehead atoms. The molecule has 0 N–H and O–H groups in total. The highest BCUT2D eigenvalue weighted by atomic mass is 16.3. The molecule has 9 aromatic rings. The molecule has 2 nitrogen and oxygen atoms in total. The van der Waals surface area contributed by atoms with Crippen molar-refractivity contribution in [2.24, 2.45) is 0 Å². The summed E-state index contributed by atoms with van der Waals surface area (Å²) >= 11 is 0. The molecule has 9 rings (SSSR count). The second-order valence-corrected chi connectivity index (χ2v) is 12.2. The fourth-order valence-corrected chi connectivity index (χ4v) is 6.92. The molecule has 2 heteroatoms. The topological polar surface area (TPSA) is 16.4 Å². The Morgan fingerprint density at radius 2 is 0.812 bits per heavy atom. The van der Waals surface area contributed by atoms with E-state index in [2.05, 4.69) is 181 Å². The Morgan fingerprint density at radius 1 is 0.312 bits per heavy atom. The Morgan fingerprint density at radius 3 is 1.54 bits per heavy atom. The molecule has 0 amide bonds. The molecule has 0 spiro atoms. The number of furan rings is 1. The van der Waals surface area contributed by atoms with Gasteiger partial charge in [-0.1, -0.05) is 133 Å². The first kappa shape index (κ1) is 27.9. The molecule has 0 atom stereocenters. The third-order valence-corrected chi connectivity index (χ3v) is 9.28. The number of nitrogens with zero attached hydrogens (tertiary/aromatic N) is 1. The zero-order valence-electron chi connectivity index (χ0n) is 26.3. The Hall–Kier alpha value is -6.38. The predicted octanol–water partition coefficient (Wildman–Crippen LogP) is 13.2. The highest BCUT2D eigenvalue weighted by Crippen LogP contribution is 2.40. The fraction of sp³-hybridized carbons (Fsp3) is 0. The van der Waals surface area contributed by atoms with Crippen molar-refractivity contribution in [1.29, 1.82) is 0 Å². The first-order valence-electron chi connectivity index (χ1n) is 16.3. The number of rotatable bonds is 6. The number of para-hydroxylation sites is 2. The summed E-state index contributed by atoms with van der Waals surface area (Å²) in [4.78, 5) is 2.31. The van der Waals surface area contributed by atoms with Crippen LogP contribution in [0.4, 0.5) is 17.1 Å². The Bertz CT molecular complexity index is 2530. The van der Waals surface area contributed by atoms with Gasteiger partial charge in [0.1, 0.15) is 11.2 Å². The maximum absolute atomic E-state index is 6.36. The Kier molecular flexibility index (Phi) is 6.84. The lowest BCUT2D eigenvalue weighted by atomic mass is 9.96. The molecule has 226 valence electrons. The zero-order valence-corrected chi connectivity index (χ0v) is 26.3. The molecule has 0 fully saturated rings. The van der Waals surface area contributed by atoms with Crippen molar-refractivity contribution in [3.8, 4) is 33.4 Å². The quantitative estimate of drug-likeness (QED) is 0.185. The number of fused-ring (bicyclic) bond motifs is 5. The van der Waals surface area contributed by atoms with E-state index in [1.807, 2.05) is 12.1 Å². The Labute approximate surface area is 279 Å². The smallest absolute Gasteiger partial charge is 0.143 e. The normalized spacial score (nSPS) is 11.3. The van der Waals surface area contributed by atoms with E-state index in [4.69, 9.17) is 4.42 Å². The summed E-state index contributed by atoms with van der Waals surface area (Å²) in [6.45, 7) is 0. The molecule has 0 aliphatic heterocycles. The van der Waals surface area contributed by atoms with Crippen LogP contribution < -0.4 is 4.90 Å². The molecule has 0 aliphatic carbocycles. The average Bonchev–Trinajstić information content (AvgIpc) is 3.56. The van der Waals surface area contributed by atoms with Crippen LogP contribution in [0.5, 0.6) is 0 Å². The predicted molar refractivity (Wildman–Crippen MR) is 202 cm³/mol. The Balaban J connectivity index is 1.07. The number of benzene rings is 8. The summed E-state index contributed by atoms with van der Waals surface area (Å²) in [5, 5.41) is 4.62. The van der Waals surface area contributed by atoms with Crippen molar-refractivity contribution >= 4 is 49.8 Å². The van der Waals surface area contributed by atoms with Crippen LogP contribution in [0.1, 0.15) is 0 Å². The van der Waals surface area contributed by atoms with Gasteiger partial charge in [0.25, 0.3) is 0 Å². The summed E-state index contributed by atoms with van der Waals surface area (Å²) in [5.74, 6) is 0. The van der Waals surface area contributed by atoms with Gasteiger partial charge >= 0.3 is 0 Å². The van der Waals surface area contributed by atoms with Crippen LogP contribution in [0.15, 0.2) is 192 Å². The van der Waals surface area contributed by atoms with E-state index in [0.29, 0.717) is 0 Å². The van der Waals surface area contributed by atoms with E-state index in [-0.39, 0.29) is 0 Å². The molecule has 1 aromatic heterocycles. The van der Waals surface area contributed by atoms with E-state index in [1.165, 1.54) is 38.8 Å². The molecular weight excluding hydrogens is 583 g/mol. The molecule has 0 saturated heterocycles. The van der Waals surface area contributed by atoms with Gasteiger partial charge in [-0.05, 0) is 93.4 Å². The number of hydrogen-bond acceptors (Lipinski definition) is 2. The van der Waals surface area contributed by atoms with Crippen molar-refractivity contribution < 1.29 is 4.42 Å². The van der Waals surface area contributed by atoms with E-state index < -0.39 is 0 Å². The largest absolute Gasteiger partial charge is 0.455 e. The molecule has 0 saturated carbocycles. The van der Waals surface area contributed by atoms with Crippen LogP contribution in [-0.4, -0.2) is 0 Å². The van der Waals surface area contributed by atoms with Gasteiger partial charge in [-0.15, -0.1) is 0 Å². The van der Waals surface area contributed by atoms with Crippen molar-refractivity contribution in [3.05, 3.63) is 188 Å². The van der Waals surface area contributed by atoms with Gasteiger partial charge < -0.3 is 9.32 Å². The maximum atomic E-state index is 6.36. The van der Waals surface area contributed by atoms with E-state index in [1.54, 1.807) is 0 Å². The van der Waals surface area contributed by atoms with Gasteiger partial charge in [0.2, 0.25) is 0 Å². The lowest BCUT2D eigenvalue weighted by molar-refractivity contribution is 0.672. The molecule has 0 radical (unpaired) electrons. The van der Waals surface area contributed by atoms with Crippen LogP contribution in [0, 0.1) is 0 Å². The number of anilines is 3. The lowest BCUT2D eigenvalue weighted by Gasteiger charge is -2.26. The second kappa shape index (κ2) is 11.8. The molecule has 48 heavy (non-hydrogen) atoms. The van der Waals surface area contributed by atoms with Crippen LogP contribution in [0.3, 0.4) is 0 Å². The standard InChI is InChI=1S/C46H31NO/c1-3-11-32(12-4-1)35-13-9-14-36(31-35)33-21-25-38(26-22-33)47(37-15-5-2-6-16-37)39-27-23-34(24-28-39)40-18-10-19-43-41(40)29-30-44-42-17-7-8-20-45(42)48-46(43)44/h1-31H. The summed E-state index contributed by atoms with van der Waals surface area (Å²) in [7, 11) is 0. The maximum Gasteiger partial charge on any atom is 0.143 e.